The zero-order chi connectivity index (χ0) is 20.6. The summed E-state index contributed by atoms with van der Waals surface area (Å²) in [4.78, 5) is 24.4. The van der Waals surface area contributed by atoms with Crippen molar-refractivity contribution in [3.63, 3.8) is 0 Å². The highest BCUT2D eigenvalue weighted by atomic mass is 127. The van der Waals surface area contributed by atoms with Crippen LogP contribution in [0.2, 0.25) is 4.34 Å². The van der Waals surface area contributed by atoms with Crippen molar-refractivity contribution >= 4 is 58.8 Å². The smallest absolute Gasteiger partial charge is 0.236 e. The standard InChI is InChI=1S/C20H32ClN5O2S.HI/c1-2-22-20(23-14-16(27)17-6-7-18(21)29-17)26-12-10-24(11-13-26)15-19(28)25-8-4-3-5-9-25;/h6-7,16,27H,2-5,8-15H2,1H3,(H,22,23);1H. The fourth-order valence-electron chi connectivity index (χ4n) is 3.75. The summed E-state index contributed by atoms with van der Waals surface area (Å²) in [5.41, 5.74) is 0. The molecule has 10 heteroatoms. The molecule has 2 N–H and O–H groups in total. The van der Waals surface area contributed by atoms with Gasteiger partial charge in [0, 0.05) is 50.7 Å². The average Bonchev–Trinajstić information content (AvgIpc) is 3.18. The van der Waals surface area contributed by atoms with Gasteiger partial charge in [0.2, 0.25) is 5.91 Å². The van der Waals surface area contributed by atoms with Crippen molar-refractivity contribution in [3.8, 4) is 0 Å². The third kappa shape index (κ3) is 7.51. The average molecular weight is 570 g/mol. The van der Waals surface area contributed by atoms with Crippen molar-refractivity contribution in [2.24, 2.45) is 4.99 Å². The minimum absolute atomic E-state index is 0. The SMILES string of the molecule is CCNC(=NCC(O)c1ccc(Cl)s1)N1CCN(CC(=O)N2CCCCC2)CC1.I. The van der Waals surface area contributed by atoms with E-state index in [-0.39, 0.29) is 29.9 Å². The Morgan fingerprint density at radius 1 is 1.17 bits per heavy atom. The lowest BCUT2D eigenvalue weighted by Gasteiger charge is -2.37. The van der Waals surface area contributed by atoms with Gasteiger partial charge in [-0.3, -0.25) is 14.7 Å². The summed E-state index contributed by atoms with van der Waals surface area (Å²) in [7, 11) is 0. The lowest BCUT2D eigenvalue weighted by molar-refractivity contribution is -0.133. The van der Waals surface area contributed by atoms with Crippen molar-refractivity contribution in [2.45, 2.75) is 32.3 Å². The second-order valence-electron chi connectivity index (χ2n) is 7.56. The number of nitrogens with one attached hydrogen (secondary N) is 1. The third-order valence-electron chi connectivity index (χ3n) is 5.41. The van der Waals surface area contributed by atoms with Crippen molar-refractivity contribution in [1.82, 2.24) is 20.0 Å². The number of guanidine groups is 1. The number of amides is 1. The molecule has 0 bridgehead atoms. The molecule has 0 aromatic carbocycles. The summed E-state index contributed by atoms with van der Waals surface area (Å²) in [6.45, 7) is 8.76. The maximum atomic E-state index is 12.5. The van der Waals surface area contributed by atoms with Gasteiger partial charge in [-0.1, -0.05) is 11.6 Å². The first-order chi connectivity index (χ1) is 14.1. The van der Waals surface area contributed by atoms with E-state index >= 15 is 0 Å². The van der Waals surface area contributed by atoms with Gasteiger partial charge >= 0.3 is 0 Å². The summed E-state index contributed by atoms with van der Waals surface area (Å²) in [5, 5.41) is 13.7. The first-order valence-corrected chi connectivity index (χ1v) is 11.7. The number of halogens is 2. The number of carbonyl (C=O) groups is 1. The van der Waals surface area contributed by atoms with Gasteiger partial charge < -0.3 is 20.2 Å². The zero-order valence-corrected chi connectivity index (χ0v) is 21.5. The molecular formula is C20H33ClIN5O2S. The molecule has 7 nitrogen and oxygen atoms in total. The van der Waals surface area contributed by atoms with E-state index in [0.29, 0.717) is 17.4 Å². The van der Waals surface area contributed by atoms with Gasteiger partial charge in [-0.05, 0) is 38.3 Å². The van der Waals surface area contributed by atoms with Crippen LogP contribution in [0.3, 0.4) is 0 Å². The Labute approximate surface area is 205 Å². The zero-order valence-electron chi connectivity index (χ0n) is 17.6. The Morgan fingerprint density at radius 3 is 2.47 bits per heavy atom. The number of likely N-dealkylation sites (tertiary alicyclic amines) is 1. The van der Waals surface area contributed by atoms with Crippen LogP contribution in [0.1, 0.15) is 37.2 Å². The fraction of sp³-hybridized carbons (Fsp3) is 0.700. The molecule has 1 amide bonds. The molecule has 3 rings (SSSR count). The van der Waals surface area contributed by atoms with E-state index in [9.17, 15) is 9.90 Å². The van der Waals surface area contributed by atoms with Gasteiger partial charge in [-0.25, -0.2) is 0 Å². The molecule has 1 atom stereocenters. The Kier molecular flexibility index (Phi) is 11.2. The highest BCUT2D eigenvalue weighted by Crippen LogP contribution is 2.27. The number of aliphatic imine (C=N–C) groups is 1. The largest absolute Gasteiger partial charge is 0.386 e. The van der Waals surface area contributed by atoms with Crippen LogP contribution in [-0.4, -0.2) is 90.6 Å². The van der Waals surface area contributed by atoms with Crippen LogP contribution in [0.25, 0.3) is 0 Å². The number of piperidine rings is 1. The number of aliphatic hydroxyl groups is 1. The number of aliphatic hydroxyl groups excluding tert-OH is 1. The second-order valence-corrected chi connectivity index (χ2v) is 9.30. The van der Waals surface area contributed by atoms with Crippen molar-refractivity contribution in [3.05, 3.63) is 21.3 Å². The summed E-state index contributed by atoms with van der Waals surface area (Å²) in [6, 6.07) is 3.64. The highest BCUT2D eigenvalue weighted by Gasteiger charge is 2.24. The van der Waals surface area contributed by atoms with E-state index in [4.69, 9.17) is 11.6 Å². The molecule has 1 aromatic heterocycles. The first kappa shape index (κ1) is 25.6. The number of piperazine rings is 1. The molecule has 0 radical (unpaired) electrons. The van der Waals surface area contributed by atoms with E-state index in [0.717, 1.165) is 69.5 Å². The van der Waals surface area contributed by atoms with Crippen LogP contribution in [0.4, 0.5) is 0 Å². The van der Waals surface area contributed by atoms with Crippen LogP contribution in [0.15, 0.2) is 17.1 Å². The quantitative estimate of drug-likeness (QED) is 0.313. The number of hydrogen-bond acceptors (Lipinski definition) is 5. The number of carbonyl (C=O) groups excluding carboxylic acids is 1. The van der Waals surface area contributed by atoms with Gasteiger partial charge in [0.15, 0.2) is 5.96 Å². The van der Waals surface area contributed by atoms with Crippen molar-refractivity contribution in [1.29, 1.82) is 0 Å². The molecule has 1 aromatic rings. The van der Waals surface area contributed by atoms with Gasteiger partial charge in [0.25, 0.3) is 0 Å². The normalized spacial score (nSPS) is 19.4. The van der Waals surface area contributed by atoms with Crippen LogP contribution < -0.4 is 5.32 Å². The predicted molar refractivity (Wildman–Crippen MR) is 134 cm³/mol. The molecule has 0 spiro atoms. The van der Waals surface area contributed by atoms with Gasteiger partial charge in [0.1, 0.15) is 6.10 Å². The molecule has 2 aliphatic heterocycles. The van der Waals surface area contributed by atoms with Crippen LogP contribution >= 0.6 is 46.9 Å². The Morgan fingerprint density at radius 2 is 1.87 bits per heavy atom. The molecule has 2 fully saturated rings. The second kappa shape index (κ2) is 13.0. The molecule has 170 valence electrons. The lowest BCUT2D eigenvalue weighted by Crippen LogP contribution is -2.54. The summed E-state index contributed by atoms with van der Waals surface area (Å²) < 4.78 is 0.671. The van der Waals surface area contributed by atoms with E-state index in [1.54, 1.807) is 6.07 Å². The molecule has 2 saturated heterocycles. The predicted octanol–water partition coefficient (Wildman–Crippen LogP) is 2.65. The molecule has 3 heterocycles. The summed E-state index contributed by atoms with van der Waals surface area (Å²) in [6.07, 6.45) is 2.85. The van der Waals surface area contributed by atoms with Crippen molar-refractivity contribution < 1.29 is 9.90 Å². The molecule has 2 aliphatic rings. The monoisotopic (exact) mass is 569 g/mol. The highest BCUT2D eigenvalue weighted by molar-refractivity contribution is 14.0. The molecule has 0 aliphatic carbocycles. The number of nitrogens with zero attached hydrogens (tertiary/aromatic N) is 4. The Bertz CT molecular complexity index is 690. The minimum Gasteiger partial charge on any atom is -0.386 e. The van der Waals surface area contributed by atoms with E-state index < -0.39 is 6.10 Å². The summed E-state index contributed by atoms with van der Waals surface area (Å²) >= 11 is 7.34. The Balaban J connectivity index is 0.00000320. The van der Waals surface area contributed by atoms with E-state index in [1.807, 2.05) is 17.9 Å². The molecule has 1 unspecified atom stereocenters. The van der Waals surface area contributed by atoms with Crippen LogP contribution in [0.5, 0.6) is 0 Å². The number of thiophene rings is 1. The maximum Gasteiger partial charge on any atom is 0.236 e. The topological polar surface area (TPSA) is 71.4 Å². The maximum absolute atomic E-state index is 12.5. The number of hydrogen-bond donors (Lipinski definition) is 2. The Hall–Kier alpha value is -0.620. The molecular weight excluding hydrogens is 537 g/mol. The number of rotatable bonds is 6. The van der Waals surface area contributed by atoms with Crippen LogP contribution in [0, 0.1) is 0 Å². The molecule has 0 saturated carbocycles. The molecule has 30 heavy (non-hydrogen) atoms. The van der Waals surface area contributed by atoms with Gasteiger partial charge in [0.05, 0.1) is 17.4 Å². The first-order valence-electron chi connectivity index (χ1n) is 10.5. The third-order valence-corrected chi connectivity index (χ3v) is 6.74. The van der Waals surface area contributed by atoms with Gasteiger partial charge in [-0.15, -0.1) is 35.3 Å². The van der Waals surface area contributed by atoms with E-state index in [2.05, 4.69) is 20.1 Å². The fourth-order valence-corrected chi connectivity index (χ4v) is 4.79. The van der Waals surface area contributed by atoms with E-state index in [1.165, 1.54) is 17.8 Å². The lowest BCUT2D eigenvalue weighted by atomic mass is 10.1. The summed E-state index contributed by atoms with van der Waals surface area (Å²) in [5.74, 6) is 1.08. The van der Waals surface area contributed by atoms with Crippen molar-refractivity contribution in [2.75, 3.05) is 58.9 Å². The van der Waals surface area contributed by atoms with Gasteiger partial charge in [-0.2, -0.15) is 0 Å². The minimum atomic E-state index is -0.649. The van der Waals surface area contributed by atoms with Crippen LogP contribution in [-0.2, 0) is 4.79 Å².